The summed E-state index contributed by atoms with van der Waals surface area (Å²) in [6.07, 6.45) is 2.09. The standard InChI is InChI=1S/C21H30FN3O3/c1-15(2)25-19(9-11-23-25)18(13-17-7-5-16(3)6-8-17)20(14-21(26)24-27)28-12-4-10-22/h5-9,11,15,18,20,27H,4,10,12-14H2,1-3H3,(H,24,26)/t18-,20-/m1/s1. The van der Waals surface area contributed by atoms with E-state index < -0.39 is 18.7 Å². The van der Waals surface area contributed by atoms with Gasteiger partial charge in [0.1, 0.15) is 0 Å². The molecule has 0 radical (unpaired) electrons. The van der Waals surface area contributed by atoms with E-state index in [0.29, 0.717) is 6.42 Å². The number of hydroxylamine groups is 1. The second-order valence-electron chi connectivity index (χ2n) is 7.28. The summed E-state index contributed by atoms with van der Waals surface area (Å²) in [5, 5.41) is 13.4. The van der Waals surface area contributed by atoms with E-state index in [1.54, 1.807) is 11.7 Å². The van der Waals surface area contributed by atoms with Crippen LogP contribution in [0.25, 0.3) is 0 Å². The first kappa shape index (κ1) is 22.0. The topological polar surface area (TPSA) is 76.4 Å². The predicted molar refractivity (Wildman–Crippen MR) is 105 cm³/mol. The van der Waals surface area contributed by atoms with E-state index in [9.17, 15) is 9.18 Å². The smallest absolute Gasteiger partial charge is 0.245 e. The van der Waals surface area contributed by atoms with Crippen molar-refractivity contribution in [2.24, 2.45) is 0 Å². The summed E-state index contributed by atoms with van der Waals surface area (Å²) >= 11 is 0. The Labute approximate surface area is 165 Å². The number of halogens is 1. The Morgan fingerprint density at radius 2 is 2.00 bits per heavy atom. The lowest BCUT2D eigenvalue weighted by molar-refractivity contribution is -0.132. The number of benzene rings is 1. The van der Waals surface area contributed by atoms with Crippen molar-refractivity contribution in [3.63, 3.8) is 0 Å². The Morgan fingerprint density at radius 1 is 1.29 bits per heavy atom. The third-order valence-electron chi connectivity index (χ3n) is 4.72. The quantitative estimate of drug-likeness (QED) is 0.348. The van der Waals surface area contributed by atoms with Crippen LogP contribution < -0.4 is 5.48 Å². The maximum Gasteiger partial charge on any atom is 0.245 e. The maximum absolute atomic E-state index is 12.6. The molecule has 1 aromatic carbocycles. The number of ether oxygens (including phenoxy) is 1. The molecule has 0 saturated carbocycles. The summed E-state index contributed by atoms with van der Waals surface area (Å²) < 4.78 is 20.4. The lowest BCUT2D eigenvalue weighted by Crippen LogP contribution is -2.33. The summed E-state index contributed by atoms with van der Waals surface area (Å²) in [6.45, 7) is 5.84. The molecule has 0 aliphatic carbocycles. The minimum atomic E-state index is -0.533. The van der Waals surface area contributed by atoms with Crippen molar-refractivity contribution in [2.45, 2.75) is 58.1 Å². The van der Waals surface area contributed by atoms with Crippen molar-refractivity contribution in [3.8, 4) is 0 Å². The van der Waals surface area contributed by atoms with E-state index in [2.05, 4.69) is 17.2 Å². The zero-order valence-electron chi connectivity index (χ0n) is 16.8. The van der Waals surface area contributed by atoms with Crippen molar-refractivity contribution in [3.05, 3.63) is 53.3 Å². The van der Waals surface area contributed by atoms with Crippen LogP contribution in [0.4, 0.5) is 4.39 Å². The number of nitrogens with one attached hydrogen (secondary N) is 1. The van der Waals surface area contributed by atoms with Crippen LogP contribution in [-0.4, -0.2) is 40.3 Å². The summed E-state index contributed by atoms with van der Waals surface area (Å²) in [5.41, 5.74) is 4.91. The summed E-state index contributed by atoms with van der Waals surface area (Å²) in [7, 11) is 0. The molecule has 2 rings (SSSR count). The Morgan fingerprint density at radius 3 is 2.61 bits per heavy atom. The van der Waals surface area contributed by atoms with Gasteiger partial charge in [0.15, 0.2) is 0 Å². The Hall–Kier alpha value is -2.25. The molecule has 154 valence electrons. The van der Waals surface area contributed by atoms with E-state index in [0.717, 1.165) is 11.3 Å². The van der Waals surface area contributed by atoms with Gasteiger partial charge in [-0.15, -0.1) is 0 Å². The molecular formula is C21H30FN3O3. The van der Waals surface area contributed by atoms with Crippen LogP contribution in [-0.2, 0) is 16.0 Å². The normalized spacial score (nSPS) is 13.5. The zero-order valence-corrected chi connectivity index (χ0v) is 16.8. The fourth-order valence-corrected chi connectivity index (χ4v) is 3.29. The molecule has 0 saturated heterocycles. The summed E-state index contributed by atoms with van der Waals surface area (Å²) in [6, 6.07) is 10.3. The van der Waals surface area contributed by atoms with E-state index >= 15 is 0 Å². The minimum absolute atomic E-state index is 0.0252. The molecule has 1 amide bonds. The van der Waals surface area contributed by atoms with Crippen LogP contribution in [0.3, 0.4) is 0 Å². The highest BCUT2D eigenvalue weighted by molar-refractivity contribution is 5.75. The van der Waals surface area contributed by atoms with Gasteiger partial charge in [0.05, 0.1) is 19.2 Å². The van der Waals surface area contributed by atoms with Gasteiger partial charge in [-0.3, -0.25) is 19.1 Å². The number of hydrogen-bond donors (Lipinski definition) is 2. The number of carbonyl (C=O) groups excluding carboxylic acids is 1. The van der Waals surface area contributed by atoms with Crippen LogP contribution in [0, 0.1) is 6.92 Å². The fraction of sp³-hybridized carbons (Fsp3) is 0.524. The Bertz CT molecular complexity index is 731. The van der Waals surface area contributed by atoms with Gasteiger partial charge in [0.25, 0.3) is 0 Å². The van der Waals surface area contributed by atoms with E-state index in [-0.39, 0.29) is 31.4 Å². The number of alkyl halides is 1. The van der Waals surface area contributed by atoms with Crippen molar-refractivity contribution in [1.82, 2.24) is 15.3 Å². The molecule has 0 bridgehead atoms. The number of hydrogen-bond acceptors (Lipinski definition) is 4. The van der Waals surface area contributed by atoms with Crippen molar-refractivity contribution < 1.29 is 19.1 Å². The predicted octanol–water partition coefficient (Wildman–Crippen LogP) is 3.74. The van der Waals surface area contributed by atoms with Crippen molar-refractivity contribution in [1.29, 1.82) is 0 Å². The van der Waals surface area contributed by atoms with Gasteiger partial charge in [0.2, 0.25) is 5.91 Å². The van der Waals surface area contributed by atoms with E-state index in [1.165, 1.54) is 5.56 Å². The van der Waals surface area contributed by atoms with E-state index in [1.807, 2.05) is 43.7 Å². The molecule has 1 heterocycles. The average Bonchev–Trinajstić information content (AvgIpc) is 3.16. The minimum Gasteiger partial charge on any atom is -0.377 e. The summed E-state index contributed by atoms with van der Waals surface area (Å²) in [5.74, 6) is -0.709. The van der Waals surface area contributed by atoms with Crippen LogP contribution >= 0.6 is 0 Å². The van der Waals surface area contributed by atoms with Crippen LogP contribution in [0.15, 0.2) is 36.5 Å². The monoisotopic (exact) mass is 391 g/mol. The largest absolute Gasteiger partial charge is 0.377 e. The number of aryl methyl sites for hydroxylation is 1. The second-order valence-corrected chi connectivity index (χ2v) is 7.28. The molecular weight excluding hydrogens is 361 g/mol. The first-order valence-corrected chi connectivity index (χ1v) is 9.65. The van der Waals surface area contributed by atoms with Gasteiger partial charge in [-0.1, -0.05) is 29.8 Å². The summed E-state index contributed by atoms with van der Waals surface area (Å²) in [4.78, 5) is 11.9. The SMILES string of the molecule is Cc1ccc(C[C@H](c2ccnn2C(C)C)[C@@H](CC(=O)NO)OCCCF)cc1. The first-order valence-electron chi connectivity index (χ1n) is 9.65. The molecule has 0 aliphatic heterocycles. The Kier molecular flexibility index (Phi) is 8.60. The van der Waals surface area contributed by atoms with Gasteiger partial charge in [-0.05, 0) is 45.2 Å². The second kappa shape index (κ2) is 10.9. The molecule has 0 unspecified atom stereocenters. The third-order valence-corrected chi connectivity index (χ3v) is 4.72. The van der Waals surface area contributed by atoms with Gasteiger partial charge >= 0.3 is 0 Å². The molecule has 7 heteroatoms. The van der Waals surface area contributed by atoms with Crippen LogP contribution in [0.5, 0.6) is 0 Å². The number of carbonyl (C=O) groups is 1. The maximum atomic E-state index is 12.6. The number of rotatable bonds is 11. The fourth-order valence-electron chi connectivity index (χ4n) is 3.29. The highest BCUT2D eigenvalue weighted by atomic mass is 19.1. The number of amides is 1. The van der Waals surface area contributed by atoms with Crippen LogP contribution in [0.1, 0.15) is 55.5 Å². The average molecular weight is 391 g/mol. The highest BCUT2D eigenvalue weighted by Crippen LogP contribution is 2.30. The van der Waals surface area contributed by atoms with Crippen LogP contribution in [0.2, 0.25) is 0 Å². The molecule has 2 N–H and O–H groups in total. The Balaban J connectivity index is 2.37. The van der Waals surface area contributed by atoms with Gasteiger partial charge in [-0.25, -0.2) is 5.48 Å². The third kappa shape index (κ3) is 6.14. The zero-order chi connectivity index (χ0) is 20.5. The molecule has 0 spiro atoms. The highest BCUT2D eigenvalue weighted by Gasteiger charge is 2.30. The van der Waals surface area contributed by atoms with E-state index in [4.69, 9.17) is 9.94 Å². The van der Waals surface area contributed by atoms with Crippen molar-refractivity contribution >= 4 is 5.91 Å². The molecule has 1 aromatic heterocycles. The molecule has 2 aromatic rings. The lowest BCUT2D eigenvalue weighted by Gasteiger charge is -2.28. The first-order chi connectivity index (χ1) is 13.5. The van der Waals surface area contributed by atoms with Crippen molar-refractivity contribution in [2.75, 3.05) is 13.3 Å². The molecule has 0 fully saturated rings. The van der Waals surface area contributed by atoms with Gasteiger partial charge < -0.3 is 4.74 Å². The molecule has 0 aliphatic rings. The molecule has 6 nitrogen and oxygen atoms in total. The number of aromatic nitrogens is 2. The number of nitrogens with zero attached hydrogens (tertiary/aromatic N) is 2. The lowest BCUT2D eigenvalue weighted by atomic mass is 9.88. The molecule has 2 atom stereocenters. The van der Waals surface area contributed by atoms with Gasteiger partial charge in [0, 0.05) is 30.5 Å². The molecule has 28 heavy (non-hydrogen) atoms. The van der Waals surface area contributed by atoms with Gasteiger partial charge in [-0.2, -0.15) is 5.10 Å².